The van der Waals surface area contributed by atoms with Crippen molar-refractivity contribution in [3.8, 4) is 5.75 Å². The van der Waals surface area contributed by atoms with Crippen LogP contribution in [-0.4, -0.2) is 49.1 Å². The molecule has 1 saturated heterocycles. The number of carbonyl (C=O) groups is 1. The third kappa shape index (κ3) is 3.67. The molecule has 1 heterocycles. The van der Waals surface area contributed by atoms with Gasteiger partial charge in [0.25, 0.3) is 0 Å². The van der Waals surface area contributed by atoms with Crippen LogP contribution in [0.5, 0.6) is 5.75 Å². The molecule has 1 unspecified atom stereocenters. The van der Waals surface area contributed by atoms with Gasteiger partial charge in [0, 0.05) is 43.5 Å². The van der Waals surface area contributed by atoms with Crippen LogP contribution in [0, 0.1) is 0 Å². The van der Waals surface area contributed by atoms with Crippen LogP contribution >= 0.6 is 0 Å². The van der Waals surface area contributed by atoms with E-state index in [4.69, 9.17) is 0 Å². The summed E-state index contributed by atoms with van der Waals surface area (Å²) in [5.74, 6) is 0.401. The fraction of sp³-hybridized carbons (Fsp3) is 0.562. The Balaban J connectivity index is 2.10. The summed E-state index contributed by atoms with van der Waals surface area (Å²) in [4.78, 5) is 15.5. The number of amides is 1. The Morgan fingerprint density at radius 2 is 2.14 bits per heavy atom. The first kappa shape index (κ1) is 15.6. The van der Waals surface area contributed by atoms with E-state index < -0.39 is 0 Å². The minimum atomic E-state index is 0.114. The number of hydrogen-bond acceptors (Lipinski definition) is 4. The number of nitrogens with zero attached hydrogens (tertiary/aromatic N) is 2. The number of anilines is 1. The summed E-state index contributed by atoms with van der Waals surface area (Å²) >= 11 is 0. The first-order valence-electron chi connectivity index (χ1n) is 7.58. The van der Waals surface area contributed by atoms with Gasteiger partial charge in [0.2, 0.25) is 5.91 Å². The summed E-state index contributed by atoms with van der Waals surface area (Å²) in [7, 11) is 1.82. The van der Waals surface area contributed by atoms with Crippen LogP contribution in [0.3, 0.4) is 0 Å². The van der Waals surface area contributed by atoms with Crippen LogP contribution in [0.1, 0.15) is 31.9 Å². The zero-order valence-electron chi connectivity index (χ0n) is 13.1. The summed E-state index contributed by atoms with van der Waals surface area (Å²) in [5.41, 5.74) is 1.80. The molecule has 21 heavy (non-hydrogen) atoms. The summed E-state index contributed by atoms with van der Waals surface area (Å²) in [5, 5.41) is 13.6. The minimum absolute atomic E-state index is 0.114. The first-order chi connectivity index (χ1) is 10.0. The van der Waals surface area contributed by atoms with Crippen LogP contribution in [0.4, 0.5) is 5.69 Å². The van der Waals surface area contributed by atoms with E-state index in [-0.39, 0.29) is 17.7 Å². The summed E-state index contributed by atoms with van der Waals surface area (Å²) in [6.07, 6.45) is 1.06. The van der Waals surface area contributed by atoms with Crippen LogP contribution in [0.15, 0.2) is 18.2 Å². The lowest BCUT2D eigenvalue weighted by Gasteiger charge is -2.33. The second-order valence-electron chi connectivity index (χ2n) is 5.66. The molecular formula is C16H25N3O2. The van der Waals surface area contributed by atoms with Crippen molar-refractivity contribution in [1.29, 1.82) is 0 Å². The van der Waals surface area contributed by atoms with Gasteiger partial charge in [-0.3, -0.25) is 4.79 Å². The van der Waals surface area contributed by atoms with E-state index in [1.165, 1.54) is 0 Å². The Labute approximate surface area is 126 Å². The fourth-order valence-electron chi connectivity index (χ4n) is 2.54. The molecule has 0 radical (unpaired) electrons. The molecule has 0 spiro atoms. The number of rotatable bonds is 5. The molecule has 0 aliphatic carbocycles. The lowest BCUT2D eigenvalue weighted by Crippen LogP contribution is -2.48. The number of hydrogen-bond donors (Lipinski definition) is 2. The lowest BCUT2D eigenvalue weighted by atomic mass is 10.1. The van der Waals surface area contributed by atoms with E-state index >= 15 is 0 Å². The summed E-state index contributed by atoms with van der Waals surface area (Å²) < 4.78 is 0. The SMILES string of the molecule is CCCNC(C)c1ccc(N2CCN(C)C(=O)C2)cc1O. The second-order valence-corrected chi connectivity index (χ2v) is 5.66. The van der Waals surface area contributed by atoms with Crippen molar-refractivity contribution in [3.63, 3.8) is 0 Å². The van der Waals surface area contributed by atoms with Crippen molar-refractivity contribution in [3.05, 3.63) is 23.8 Å². The van der Waals surface area contributed by atoms with Crippen molar-refractivity contribution < 1.29 is 9.90 Å². The van der Waals surface area contributed by atoms with Gasteiger partial charge in [0.05, 0.1) is 6.54 Å². The Morgan fingerprint density at radius 1 is 1.38 bits per heavy atom. The predicted molar refractivity (Wildman–Crippen MR) is 84.7 cm³/mol. The van der Waals surface area contributed by atoms with E-state index in [1.807, 2.05) is 31.0 Å². The Morgan fingerprint density at radius 3 is 2.76 bits per heavy atom. The van der Waals surface area contributed by atoms with Crippen LogP contribution in [0.25, 0.3) is 0 Å². The molecule has 1 aromatic carbocycles. The average molecular weight is 291 g/mol. The first-order valence-corrected chi connectivity index (χ1v) is 7.58. The largest absolute Gasteiger partial charge is 0.508 e. The van der Waals surface area contributed by atoms with Gasteiger partial charge in [0.15, 0.2) is 0 Å². The van der Waals surface area contributed by atoms with Crippen LogP contribution in [-0.2, 0) is 4.79 Å². The Kier molecular flexibility index (Phi) is 5.07. The van der Waals surface area contributed by atoms with Crippen molar-refractivity contribution in [2.24, 2.45) is 0 Å². The van der Waals surface area contributed by atoms with Gasteiger partial charge in [-0.1, -0.05) is 13.0 Å². The second kappa shape index (κ2) is 6.80. The lowest BCUT2D eigenvalue weighted by molar-refractivity contribution is -0.129. The van der Waals surface area contributed by atoms with Crippen molar-refractivity contribution in [2.45, 2.75) is 26.3 Å². The normalized spacial score (nSPS) is 17.2. The van der Waals surface area contributed by atoms with E-state index in [2.05, 4.69) is 12.2 Å². The third-order valence-corrected chi connectivity index (χ3v) is 4.00. The zero-order chi connectivity index (χ0) is 15.4. The van der Waals surface area contributed by atoms with Gasteiger partial charge in [0.1, 0.15) is 5.75 Å². The van der Waals surface area contributed by atoms with E-state index in [0.29, 0.717) is 6.54 Å². The number of carbonyl (C=O) groups excluding carboxylic acids is 1. The van der Waals surface area contributed by atoms with Gasteiger partial charge >= 0.3 is 0 Å². The molecule has 0 saturated carbocycles. The standard InChI is InChI=1S/C16H25N3O2/c1-4-7-17-12(2)14-6-5-13(10-15(14)20)19-9-8-18(3)16(21)11-19/h5-6,10,12,17,20H,4,7-9,11H2,1-3H3. The Hall–Kier alpha value is -1.75. The van der Waals surface area contributed by atoms with E-state index in [9.17, 15) is 9.90 Å². The van der Waals surface area contributed by atoms with E-state index in [0.717, 1.165) is 37.3 Å². The van der Waals surface area contributed by atoms with Gasteiger partial charge in [-0.2, -0.15) is 0 Å². The highest BCUT2D eigenvalue weighted by Gasteiger charge is 2.22. The Bertz CT molecular complexity index is 504. The van der Waals surface area contributed by atoms with Crippen molar-refractivity contribution in [2.75, 3.05) is 38.1 Å². The quantitative estimate of drug-likeness (QED) is 0.867. The van der Waals surface area contributed by atoms with Crippen LogP contribution < -0.4 is 10.2 Å². The minimum Gasteiger partial charge on any atom is -0.508 e. The number of piperazine rings is 1. The maximum Gasteiger partial charge on any atom is 0.241 e. The smallest absolute Gasteiger partial charge is 0.241 e. The molecule has 1 fully saturated rings. The number of benzene rings is 1. The molecule has 1 aliphatic rings. The summed E-state index contributed by atoms with van der Waals surface area (Å²) in [6, 6.07) is 5.81. The van der Waals surface area contributed by atoms with Gasteiger partial charge in [-0.15, -0.1) is 0 Å². The summed E-state index contributed by atoms with van der Waals surface area (Å²) in [6.45, 7) is 6.98. The van der Waals surface area contributed by atoms with Crippen molar-refractivity contribution in [1.82, 2.24) is 10.2 Å². The molecule has 2 N–H and O–H groups in total. The van der Waals surface area contributed by atoms with Crippen molar-refractivity contribution >= 4 is 11.6 Å². The number of nitrogens with one attached hydrogen (secondary N) is 1. The molecule has 1 amide bonds. The van der Waals surface area contributed by atoms with Gasteiger partial charge in [-0.25, -0.2) is 0 Å². The molecule has 5 heteroatoms. The average Bonchev–Trinajstić information content (AvgIpc) is 2.47. The van der Waals surface area contributed by atoms with Gasteiger partial charge < -0.3 is 20.2 Å². The molecule has 2 rings (SSSR count). The van der Waals surface area contributed by atoms with Crippen LogP contribution in [0.2, 0.25) is 0 Å². The maximum atomic E-state index is 11.8. The number of likely N-dealkylation sites (N-methyl/N-ethyl adjacent to an activating group) is 1. The fourth-order valence-corrected chi connectivity index (χ4v) is 2.54. The number of phenols is 1. The van der Waals surface area contributed by atoms with Gasteiger partial charge in [-0.05, 0) is 26.0 Å². The maximum absolute atomic E-state index is 11.8. The molecule has 1 aliphatic heterocycles. The molecular weight excluding hydrogens is 266 g/mol. The molecule has 0 aromatic heterocycles. The highest BCUT2D eigenvalue weighted by atomic mass is 16.3. The highest BCUT2D eigenvalue weighted by molar-refractivity contribution is 5.82. The zero-order valence-corrected chi connectivity index (χ0v) is 13.1. The monoisotopic (exact) mass is 291 g/mol. The molecule has 116 valence electrons. The molecule has 1 atom stereocenters. The van der Waals surface area contributed by atoms with E-state index in [1.54, 1.807) is 11.0 Å². The number of phenolic OH excluding ortho intramolecular Hbond substituents is 1. The number of aromatic hydroxyl groups is 1. The molecule has 1 aromatic rings. The topological polar surface area (TPSA) is 55.8 Å². The highest BCUT2D eigenvalue weighted by Crippen LogP contribution is 2.29. The molecule has 0 bridgehead atoms. The third-order valence-electron chi connectivity index (χ3n) is 4.00. The molecule has 5 nitrogen and oxygen atoms in total. The predicted octanol–water partition coefficient (Wildman–Crippen LogP) is 1.73.